The third-order valence-corrected chi connectivity index (χ3v) is 6.74. The summed E-state index contributed by atoms with van der Waals surface area (Å²) in [7, 11) is 2.07. The van der Waals surface area contributed by atoms with E-state index in [0.717, 1.165) is 58.4 Å². The lowest BCUT2D eigenvalue weighted by atomic mass is 9.92. The molecule has 2 aliphatic heterocycles. The number of imidazole rings is 1. The number of aromatic nitrogens is 2. The number of fused-ring (bicyclic) bond motifs is 2. The largest absolute Gasteiger partial charge is 0.488 e. The molecule has 1 saturated heterocycles. The predicted molar refractivity (Wildman–Crippen MR) is 147 cm³/mol. The van der Waals surface area contributed by atoms with Crippen LogP contribution in [0.2, 0.25) is 0 Å². The first-order chi connectivity index (χ1) is 17.8. The van der Waals surface area contributed by atoms with Gasteiger partial charge in [0, 0.05) is 18.2 Å². The fourth-order valence-corrected chi connectivity index (χ4v) is 4.98. The maximum absolute atomic E-state index is 14.0. The number of H-pyrrole nitrogens is 1. The van der Waals surface area contributed by atoms with Gasteiger partial charge in [-0.25, -0.2) is 13.6 Å². The van der Waals surface area contributed by atoms with Gasteiger partial charge in [0.1, 0.15) is 24.3 Å². The van der Waals surface area contributed by atoms with Gasteiger partial charge < -0.3 is 14.6 Å². The summed E-state index contributed by atoms with van der Waals surface area (Å²) in [5.41, 5.74) is 5.69. The van der Waals surface area contributed by atoms with Crippen molar-refractivity contribution in [2.45, 2.75) is 46.3 Å². The Kier molecular flexibility index (Phi) is 8.13. The van der Waals surface area contributed by atoms with Crippen LogP contribution < -0.4 is 10.4 Å². The zero-order valence-electron chi connectivity index (χ0n) is 22.1. The quantitative estimate of drug-likeness (QED) is 0.437. The van der Waals surface area contributed by atoms with Crippen LogP contribution in [0.15, 0.2) is 64.5 Å². The Morgan fingerprint density at radius 2 is 1.97 bits per heavy atom. The molecule has 2 unspecified atom stereocenters. The minimum Gasteiger partial charge on any atom is -0.488 e. The molecule has 0 aliphatic carbocycles. The number of ether oxygens (including phenoxy) is 1. The lowest BCUT2D eigenvalue weighted by molar-refractivity contribution is 0.350. The molecular formula is C30H35F2N3O2. The fourth-order valence-electron chi connectivity index (χ4n) is 4.98. The normalized spacial score (nSPS) is 20.1. The average molecular weight is 508 g/mol. The van der Waals surface area contributed by atoms with Crippen LogP contribution in [-0.4, -0.2) is 47.4 Å². The summed E-state index contributed by atoms with van der Waals surface area (Å²) in [6, 6.07) is 10.5. The Hall–Kier alpha value is -3.45. The standard InChI is InChI=1S/C28H29F2N3O2.C2H6/c1-17-16-35-27-14-20(30)6-8-23(27)24(22(17)7-4-18(2)29)12-19-5-9-26-25(13-19)31-28(34)33(26)21-10-11-32(3)15-21;1-2/h4-9,12-14,18,21H,10-11,15-16H2,1-3H3,(H,31,34);1-2H3/b7-4-,24-12+;. The van der Waals surface area contributed by atoms with Gasteiger partial charge in [0.2, 0.25) is 0 Å². The van der Waals surface area contributed by atoms with Crippen LogP contribution >= 0.6 is 0 Å². The molecule has 5 rings (SSSR count). The zero-order valence-corrected chi connectivity index (χ0v) is 22.1. The van der Waals surface area contributed by atoms with Crippen molar-refractivity contribution in [3.05, 3.63) is 87.1 Å². The molecule has 3 aromatic rings. The van der Waals surface area contributed by atoms with Crippen molar-refractivity contribution in [2.24, 2.45) is 0 Å². The molecule has 1 N–H and O–H groups in total. The van der Waals surface area contributed by atoms with Crippen LogP contribution in [0.3, 0.4) is 0 Å². The van der Waals surface area contributed by atoms with Crippen LogP contribution in [0.5, 0.6) is 5.75 Å². The number of allylic oxidation sites excluding steroid dienone is 4. The molecule has 2 aliphatic rings. The number of benzene rings is 2. The van der Waals surface area contributed by atoms with Gasteiger partial charge >= 0.3 is 5.69 Å². The number of likely N-dealkylation sites (N-methyl/N-ethyl adjacent to an activating group) is 1. The predicted octanol–water partition coefficient (Wildman–Crippen LogP) is 6.54. The summed E-state index contributed by atoms with van der Waals surface area (Å²) >= 11 is 0. The van der Waals surface area contributed by atoms with Crippen LogP contribution in [0.1, 0.15) is 51.3 Å². The van der Waals surface area contributed by atoms with Crippen molar-refractivity contribution < 1.29 is 13.5 Å². The molecular weight excluding hydrogens is 472 g/mol. The van der Waals surface area contributed by atoms with E-state index < -0.39 is 6.17 Å². The van der Waals surface area contributed by atoms with Gasteiger partial charge in [0.25, 0.3) is 0 Å². The molecule has 2 atom stereocenters. The van der Waals surface area contributed by atoms with E-state index in [4.69, 9.17) is 4.74 Å². The highest BCUT2D eigenvalue weighted by Crippen LogP contribution is 2.38. The van der Waals surface area contributed by atoms with Crippen molar-refractivity contribution in [3.63, 3.8) is 0 Å². The molecule has 7 heteroatoms. The minimum absolute atomic E-state index is 0.106. The number of rotatable bonds is 4. The van der Waals surface area contributed by atoms with Crippen LogP contribution in [0.25, 0.3) is 22.7 Å². The smallest absolute Gasteiger partial charge is 0.326 e. The monoisotopic (exact) mass is 507 g/mol. The third-order valence-electron chi connectivity index (χ3n) is 6.74. The lowest BCUT2D eigenvalue weighted by Gasteiger charge is -2.13. The number of alkyl halides is 1. The van der Waals surface area contributed by atoms with Gasteiger partial charge in [-0.15, -0.1) is 0 Å². The number of aromatic amines is 1. The van der Waals surface area contributed by atoms with Gasteiger partial charge in [0.05, 0.1) is 17.1 Å². The first-order valence-corrected chi connectivity index (χ1v) is 12.9. The molecule has 0 amide bonds. The van der Waals surface area contributed by atoms with E-state index in [1.165, 1.54) is 25.1 Å². The number of nitrogens with one attached hydrogen (secondary N) is 1. The summed E-state index contributed by atoms with van der Waals surface area (Å²) in [6.45, 7) is 9.49. The fraction of sp³-hybridized carbons (Fsp3) is 0.367. The topological polar surface area (TPSA) is 50.3 Å². The molecule has 5 nitrogen and oxygen atoms in total. The van der Waals surface area contributed by atoms with Crippen molar-refractivity contribution in [3.8, 4) is 5.75 Å². The summed E-state index contributed by atoms with van der Waals surface area (Å²) < 4.78 is 35.4. The minimum atomic E-state index is -1.11. The molecule has 2 aromatic carbocycles. The molecule has 37 heavy (non-hydrogen) atoms. The number of halogens is 2. The van der Waals surface area contributed by atoms with Crippen molar-refractivity contribution in [1.82, 2.24) is 14.5 Å². The Morgan fingerprint density at radius 3 is 2.68 bits per heavy atom. The van der Waals surface area contributed by atoms with Crippen molar-refractivity contribution in [2.75, 3.05) is 26.7 Å². The first kappa shape index (κ1) is 26.6. The zero-order chi connectivity index (χ0) is 26.7. The van der Waals surface area contributed by atoms with Gasteiger partial charge in [0.15, 0.2) is 0 Å². The molecule has 1 fully saturated rings. The molecule has 0 spiro atoms. The number of nitrogens with zero attached hydrogens (tertiary/aromatic N) is 2. The van der Waals surface area contributed by atoms with E-state index in [1.807, 2.05) is 49.6 Å². The molecule has 0 radical (unpaired) electrons. The Bertz CT molecular complexity index is 1430. The Labute approximate surface area is 216 Å². The highest BCUT2D eigenvalue weighted by Gasteiger charge is 2.25. The van der Waals surface area contributed by atoms with Gasteiger partial charge in [-0.3, -0.25) is 4.57 Å². The van der Waals surface area contributed by atoms with E-state index in [2.05, 4.69) is 16.9 Å². The number of hydrogen-bond acceptors (Lipinski definition) is 3. The SMILES string of the molecule is CC.CC1=C(/C=C\C(C)F)/C(=C\c2ccc3c(c2)[nH]c(=O)n3C2CCN(C)C2)c2ccc(F)cc2OC1. The summed E-state index contributed by atoms with van der Waals surface area (Å²) in [4.78, 5) is 18.0. The highest BCUT2D eigenvalue weighted by molar-refractivity contribution is 5.96. The molecule has 0 bridgehead atoms. The first-order valence-electron chi connectivity index (χ1n) is 12.9. The van der Waals surface area contributed by atoms with E-state index >= 15 is 0 Å². The highest BCUT2D eigenvalue weighted by atomic mass is 19.1. The molecule has 1 aromatic heterocycles. The van der Waals surface area contributed by atoms with E-state index in [-0.39, 0.29) is 24.2 Å². The van der Waals surface area contributed by atoms with Gasteiger partial charge in [-0.05, 0) is 86.5 Å². The number of likely N-dealkylation sites (tertiary alicyclic amines) is 1. The number of hydrogen-bond donors (Lipinski definition) is 1. The van der Waals surface area contributed by atoms with E-state index in [1.54, 1.807) is 12.1 Å². The summed E-state index contributed by atoms with van der Waals surface area (Å²) in [6.07, 6.45) is 5.08. The molecule has 0 saturated carbocycles. The van der Waals surface area contributed by atoms with Crippen LogP contribution in [-0.2, 0) is 0 Å². The van der Waals surface area contributed by atoms with Crippen LogP contribution in [0, 0.1) is 5.82 Å². The summed E-state index contributed by atoms with van der Waals surface area (Å²) in [5, 5.41) is 0. The van der Waals surface area contributed by atoms with Gasteiger partial charge in [-0.1, -0.05) is 32.1 Å². The van der Waals surface area contributed by atoms with Crippen LogP contribution in [0.4, 0.5) is 8.78 Å². The third kappa shape index (κ3) is 5.62. The second kappa shape index (κ2) is 11.3. The van der Waals surface area contributed by atoms with Crippen molar-refractivity contribution >= 4 is 22.7 Å². The van der Waals surface area contributed by atoms with Crippen molar-refractivity contribution in [1.29, 1.82) is 0 Å². The molecule has 196 valence electrons. The second-order valence-corrected chi connectivity index (χ2v) is 9.50. The van der Waals surface area contributed by atoms with E-state index in [0.29, 0.717) is 5.75 Å². The molecule has 3 heterocycles. The Morgan fingerprint density at radius 1 is 1.19 bits per heavy atom. The second-order valence-electron chi connectivity index (χ2n) is 9.50. The maximum Gasteiger partial charge on any atom is 0.326 e. The van der Waals surface area contributed by atoms with E-state index in [9.17, 15) is 13.6 Å². The lowest BCUT2D eigenvalue weighted by Crippen LogP contribution is -2.24. The maximum atomic E-state index is 14.0. The Balaban J connectivity index is 0.00000156. The summed E-state index contributed by atoms with van der Waals surface area (Å²) in [5.74, 6) is 0.0632. The van der Waals surface area contributed by atoms with Gasteiger partial charge in [-0.2, -0.15) is 0 Å². The average Bonchev–Trinajstić information content (AvgIpc) is 3.40.